The highest BCUT2D eigenvalue weighted by Crippen LogP contribution is 2.45. The van der Waals surface area contributed by atoms with Crippen LogP contribution in [0.15, 0.2) is 265 Å². The first-order chi connectivity index (χ1) is 36.7. The minimum atomic E-state index is 0.574. The molecule has 74 heavy (non-hydrogen) atoms. The Hall–Kier alpha value is -9.55. The summed E-state index contributed by atoms with van der Waals surface area (Å²) in [6.07, 6.45) is 0. The Morgan fingerprint density at radius 3 is 1.30 bits per heavy atom. The Balaban J connectivity index is 0.837. The number of rotatable bonds is 9. The third-order valence-electron chi connectivity index (χ3n) is 14.2. The van der Waals surface area contributed by atoms with Crippen LogP contribution in [0.4, 0.5) is 0 Å². The van der Waals surface area contributed by atoms with E-state index in [9.17, 15) is 0 Å². The van der Waals surface area contributed by atoms with Gasteiger partial charge in [-0.15, -0.1) is 11.3 Å². The van der Waals surface area contributed by atoms with Crippen molar-refractivity contribution in [1.82, 2.24) is 15.0 Å². The van der Waals surface area contributed by atoms with E-state index in [0.29, 0.717) is 17.5 Å². The van der Waals surface area contributed by atoms with E-state index >= 15 is 0 Å². The van der Waals surface area contributed by atoms with Gasteiger partial charge >= 0.3 is 0 Å². The van der Waals surface area contributed by atoms with E-state index in [1.54, 1.807) is 0 Å². The lowest BCUT2D eigenvalue weighted by molar-refractivity contribution is 0.670. The maximum absolute atomic E-state index is 6.82. The lowest BCUT2D eigenvalue weighted by Crippen LogP contribution is -2.00. The largest absolute Gasteiger partial charge is 0.455 e. The molecule has 0 spiro atoms. The Labute approximate surface area is 432 Å². The van der Waals surface area contributed by atoms with Crippen molar-refractivity contribution in [1.29, 1.82) is 0 Å². The molecule has 0 saturated heterocycles. The highest BCUT2D eigenvalue weighted by atomic mass is 32.1. The standard InChI is InChI=1S/C69H43N3OS/c1-5-18-44(19-6-1)54-42-60(47-22-9-3-10-23-47)64-61(43-54)63-59(34-17-35-62(63)73-64)69-71-67(49-24-11-4-12-25-49)70-68(72-69)53-29-14-28-52(41-53)51-27-13-26-50(40-51)45-36-38-48(39-37-45)56-31-16-33-58-57-32-15-30-55(65(57)74-66(56)58)46-20-7-2-8-21-46/h1-43H. The fourth-order valence-corrected chi connectivity index (χ4v) is 11.9. The van der Waals surface area contributed by atoms with E-state index < -0.39 is 0 Å². The predicted molar refractivity (Wildman–Crippen MR) is 309 cm³/mol. The molecule has 0 bridgehead atoms. The molecule has 0 saturated carbocycles. The maximum atomic E-state index is 6.82. The number of furan rings is 1. The van der Waals surface area contributed by atoms with Crippen molar-refractivity contribution < 1.29 is 4.42 Å². The van der Waals surface area contributed by atoms with Crippen molar-refractivity contribution >= 4 is 53.4 Å². The van der Waals surface area contributed by atoms with Crippen molar-refractivity contribution in [3.8, 4) is 101 Å². The summed E-state index contributed by atoms with van der Waals surface area (Å²) < 4.78 is 9.45. The number of hydrogen-bond donors (Lipinski definition) is 0. The molecule has 0 fully saturated rings. The highest BCUT2D eigenvalue weighted by Gasteiger charge is 2.22. The smallest absolute Gasteiger partial charge is 0.164 e. The van der Waals surface area contributed by atoms with Crippen LogP contribution in [0, 0.1) is 0 Å². The van der Waals surface area contributed by atoms with Crippen molar-refractivity contribution in [2.45, 2.75) is 0 Å². The molecule has 11 aromatic carbocycles. The van der Waals surface area contributed by atoms with Crippen molar-refractivity contribution in [3.63, 3.8) is 0 Å². The average molecular weight is 962 g/mol. The van der Waals surface area contributed by atoms with E-state index in [4.69, 9.17) is 19.4 Å². The van der Waals surface area contributed by atoms with Gasteiger partial charge in [-0.3, -0.25) is 0 Å². The second-order valence-corrected chi connectivity index (χ2v) is 19.7. The fraction of sp³-hybridized carbons (Fsp3) is 0. The zero-order valence-corrected chi connectivity index (χ0v) is 40.8. The summed E-state index contributed by atoms with van der Waals surface area (Å²) in [5, 5.41) is 4.56. The third kappa shape index (κ3) is 7.75. The van der Waals surface area contributed by atoms with Gasteiger partial charge in [-0.1, -0.05) is 231 Å². The number of nitrogens with zero attached hydrogens (tertiary/aromatic N) is 3. The van der Waals surface area contributed by atoms with Crippen molar-refractivity contribution in [3.05, 3.63) is 261 Å². The van der Waals surface area contributed by atoms with Gasteiger partial charge in [0.15, 0.2) is 17.5 Å². The number of thiophene rings is 1. The van der Waals surface area contributed by atoms with Crippen LogP contribution in [0.2, 0.25) is 0 Å². The molecular formula is C69H43N3OS. The lowest BCUT2D eigenvalue weighted by atomic mass is 9.95. The fourth-order valence-electron chi connectivity index (χ4n) is 10.5. The number of benzene rings is 11. The normalized spacial score (nSPS) is 11.5. The summed E-state index contributed by atoms with van der Waals surface area (Å²) >= 11 is 1.89. The summed E-state index contributed by atoms with van der Waals surface area (Å²) in [7, 11) is 0. The zero-order chi connectivity index (χ0) is 49.0. The quantitative estimate of drug-likeness (QED) is 0.145. The van der Waals surface area contributed by atoms with Crippen LogP contribution in [-0.2, 0) is 0 Å². The first-order valence-corrected chi connectivity index (χ1v) is 25.7. The van der Waals surface area contributed by atoms with Crippen LogP contribution in [0.1, 0.15) is 0 Å². The van der Waals surface area contributed by atoms with Crippen LogP contribution in [0.5, 0.6) is 0 Å². The van der Waals surface area contributed by atoms with Gasteiger partial charge < -0.3 is 4.42 Å². The van der Waals surface area contributed by atoms with Gasteiger partial charge in [-0.05, 0) is 91.5 Å². The minimum Gasteiger partial charge on any atom is -0.455 e. The Morgan fingerprint density at radius 1 is 0.257 bits per heavy atom. The zero-order valence-electron chi connectivity index (χ0n) is 40.0. The average Bonchev–Trinajstić information content (AvgIpc) is 4.07. The summed E-state index contributed by atoms with van der Waals surface area (Å²) in [5.74, 6) is 1.76. The molecule has 5 heteroatoms. The maximum Gasteiger partial charge on any atom is 0.164 e. The van der Waals surface area contributed by atoms with Gasteiger partial charge in [-0.2, -0.15) is 0 Å². The molecule has 346 valence electrons. The summed E-state index contributed by atoms with van der Waals surface area (Å²) in [4.78, 5) is 15.7. The summed E-state index contributed by atoms with van der Waals surface area (Å²) in [6, 6.07) is 92.2. The van der Waals surface area contributed by atoms with Crippen LogP contribution in [0.25, 0.3) is 143 Å². The molecular weight excluding hydrogens is 919 g/mol. The summed E-state index contributed by atoms with van der Waals surface area (Å²) in [6.45, 7) is 0. The lowest BCUT2D eigenvalue weighted by Gasteiger charge is -2.11. The van der Waals surface area contributed by atoms with Crippen molar-refractivity contribution in [2.75, 3.05) is 0 Å². The number of fused-ring (bicyclic) bond motifs is 6. The molecule has 0 aliphatic heterocycles. The molecule has 0 N–H and O–H groups in total. The van der Waals surface area contributed by atoms with E-state index in [0.717, 1.165) is 83.1 Å². The molecule has 0 aliphatic carbocycles. The van der Waals surface area contributed by atoms with Crippen molar-refractivity contribution in [2.24, 2.45) is 0 Å². The van der Waals surface area contributed by atoms with Gasteiger partial charge in [0.05, 0.1) is 0 Å². The highest BCUT2D eigenvalue weighted by molar-refractivity contribution is 7.26. The van der Waals surface area contributed by atoms with E-state index in [-0.39, 0.29) is 0 Å². The molecule has 14 rings (SSSR count). The third-order valence-corrected chi connectivity index (χ3v) is 15.4. The molecule has 14 aromatic rings. The minimum absolute atomic E-state index is 0.574. The first kappa shape index (κ1) is 43.3. The first-order valence-electron chi connectivity index (χ1n) is 24.9. The van der Waals surface area contributed by atoms with Crippen LogP contribution >= 0.6 is 11.3 Å². The predicted octanol–water partition coefficient (Wildman–Crippen LogP) is 19.1. The Kier molecular flexibility index (Phi) is 10.7. The van der Waals surface area contributed by atoms with E-state index in [1.165, 1.54) is 42.4 Å². The molecule has 0 unspecified atom stereocenters. The Bertz CT molecular complexity index is 4390. The Morgan fingerprint density at radius 2 is 0.676 bits per heavy atom. The second kappa shape index (κ2) is 18.2. The molecule has 0 atom stereocenters. The topological polar surface area (TPSA) is 51.8 Å². The molecule has 4 nitrogen and oxygen atoms in total. The summed E-state index contributed by atoms with van der Waals surface area (Å²) in [5.41, 5.74) is 18.1. The van der Waals surface area contributed by atoms with E-state index in [1.807, 2.05) is 47.7 Å². The monoisotopic (exact) mass is 961 g/mol. The van der Waals surface area contributed by atoms with Gasteiger partial charge in [0, 0.05) is 53.2 Å². The van der Waals surface area contributed by atoms with Crippen LogP contribution < -0.4 is 0 Å². The van der Waals surface area contributed by atoms with E-state index in [2.05, 4.69) is 224 Å². The van der Waals surface area contributed by atoms with Crippen LogP contribution in [-0.4, -0.2) is 15.0 Å². The molecule has 0 amide bonds. The molecule has 3 heterocycles. The van der Waals surface area contributed by atoms with Gasteiger partial charge in [0.25, 0.3) is 0 Å². The molecule has 3 aromatic heterocycles. The molecule has 0 aliphatic rings. The molecule has 0 radical (unpaired) electrons. The number of aromatic nitrogens is 3. The second-order valence-electron chi connectivity index (χ2n) is 18.7. The van der Waals surface area contributed by atoms with Crippen LogP contribution in [0.3, 0.4) is 0 Å². The van der Waals surface area contributed by atoms with Gasteiger partial charge in [-0.25, -0.2) is 15.0 Å². The SMILES string of the molecule is c1ccc(-c2cc(-c3ccccc3)c3oc4cccc(-c5nc(-c6ccccc6)nc(-c6cccc(-c7cccc(-c8ccc(-c9cccc%10c9sc9c(-c%11ccccc%11)cccc9%10)cc8)c7)c6)n5)c4c3c2)cc1. The van der Waals surface area contributed by atoms with Gasteiger partial charge in [0.2, 0.25) is 0 Å². The van der Waals surface area contributed by atoms with Gasteiger partial charge in [0.1, 0.15) is 11.2 Å². The number of hydrogen-bond acceptors (Lipinski definition) is 5.